The van der Waals surface area contributed by atoms with Gasteiger partial charge < -0.3 is 19.4 Å². The quantitative estimate of drug-likeness (QED) is 0.427. The number of nitrogens with zero attached hydrogens (tertiary/aromatic N) is 1. The Morgan fingerprint density at radius 1 is 1.40 bits per heavy atom. The van der Waals surface area contributed by atoms with E-state index in [9.17, 15) is 4.79 Å². The van der Waals surface area contributed by atoms with Crippen LogP contribution in [0.5, 0.6) is 11.5 Å². The Morgan fingerprint density at radius 2 is 2.20 bits per heavy atom. The Bertz CT molecular complexity index is 459. The van der Waals surface area contributed by atoms with Gasteiger partial charge >= 0.3 is 5.97 Å². The van der Waals surface area contributed by atoms with Gasteiger partial charge in [0.05, 0.1) is 19.9 Å². The standard InChI is InChI=1S/C14H19NO5/c1-3-4-7-19-12-6-5-11(8-13(12)18-2)9-15-20-10-14(16)17/h5-6,8-9H,3-4,7,10H2,1-2H3,(H,16,17)/b15-9-. The molecule has 0 saturated carbocycles. The van der Waals surface area contributed by atoms with Crippen molar-refractivity contribution >= 4 is 12.2 Å². The lowest BCUT2D eigenvalue weighted by Gasteiger charge is -2.10. The molecule has 1 rings (SSSR count). The second-order valence-corrected chi connectivity index (χ2v) is 4.01. The van der Waals surface area contributed by atoms with Gasteiger partial charge in [-0.25, -0.2) is 4.79 Å². The van der Waals surface area contributed by atoms with Crippen LogP contribution in [-0.2, 0) is 9.63 Å². The number of ether oxygens (including phenoxy) is 2. The van der Waals surface area contributed by atoms with Gasteiger partial charge in [-0.15, -0.1) is 0 Å². The molecule has 6 nitrogen and oxygen atoms in total. The Morgan fingerprint density at radius 3 is 2.85 bits per heavy atom. The Balaban J connectivity index is 2.63. The second-order valence-electron chi connectivity index (χ2n) is 4.01. The summed E-state index contributed by atoms with van der Waals surface area (Å²) in [6, 6.07) is 5.32. The summed E-state index contributed by atoms with van der Waals surface area (Å²) in [6.45, 7) is 2.27. The van der Waals surface area contributed by atoms with Crippen molar-refractivity contribution in [3.05, 3.63) is 23.8 Å². The summed E-state index contributed by atoms with van der Waals surface area (Å²) in [6.07, 6.45) is 3.46. The highest BCUT2D eigenvalue weighted by Gasteiger charge is 2.05. The first kappa shape index (κ1) is 15.8. The first-order valence-corrected chi connectivity index (χ1v) is 6.35. The molecule has 0 aliphatic rings. The number of rotatable bonds is 9. The SMILES string of the molecule is CCCCOc1ccc(/C=N\OCC(=O)O)cc1OC. The molecule has 0 unspecified atom stereocenters. The second kappa shape index (κ2) is 8.79. The van der Waals surface area contributed by atoms with E-state index in [1.807, 2.05) is 0 Å². The number of carbonyl (C=O) groups is 1. The summed E-state index contributed by atoms with van der Waals surface area (Å²) in [4.78, 5) is 14.8. The van der Waals surface area contributed by atoms with Crippen LogP contribution in [0.3, 0.4) is 0 Å². The number of hydrogen-bond acceptors (Lipinski definition) is 5. The largest absolute Gasteiger partial charge is 0.493 e. The van der Waals surface area contributed by atoms with Crippen LogP contribution in [0.25, 0.3) is 0 Å². The van der Waals surface area contributed by atoms with Crippen LogP contribution in [0.2, 0.25) is 0 Å². The fraction of sp³-hybridized carbons (Fsp3) is 0.429. The average molecular weight is 281 g/mol. The Labute approximate surface area is 117 Å². The van der Waals surface area contributed by atoms with Crippen molar-refractivity contribution in [3.8, 4) is 11.5 Å². The highest BCUT2D eigenvalue weighted by Crippen LogP contribution is 2.27. The van der Waals surface area contributed by atoms with E-state index < -0.39 is 12.6 Å². The van der Waals surface area contributed by atoms with Crippen molar-refractivity contribution in [3.63, 3.8) is 0 Å². The Hall–Kier alpha value is -2.24. The van der Waals surface area contributed by atoms with Crippen LogP contribution in [0.1, 0.15) is 25.3 Å². The van der Waals surface area contributed by atoms with E-state index in [-0.39, 0.29) is 0 Å². The first-order chi connectivity index (χ1) is 9.67. The molecule has 1 N–H and O–H groups in total. The van der Waals surface area contributed by atoms with Crippen LogP contribution in [0.4, 0.5) is 0 Å². The van der Waals surface area contributed by atoms with Crippen LogP contribution in [0.15, 0.2) is 23.4 Å². The number of benzene rings is 1. The van der Waals surface area contributed by atoms with Crippen LogP contribution in [-0.4, -0.2) is 37.6 Å². The summed E-state index contributed by atoms with van der Waals surface area (Å²) in [5, 5.41) is 12.0. The van der Waals surface area contributed by atoms with E-state index in [1.54, 1.807) is 25.3 Å². The summed E-state index contributed by atoms with van der Waals surface area (Å²) in [5.41, 5.74) is 0.732. The fourth-order valence-electron chi connectivity index (χ4n) is 1.40. The molecule has 0 radical (unpaired) electrons. The van der Waals surface area contributed by atoms with E-state index in [0.717, 1.165) is 18.4 Å². The molecule has 0 amide bonds. The smallest absolute Gasteiger partial charge is 0.344 e. The summed E-state index contributed by atoms with van der Waals surface area (Å²) in [7, 11) is 1.56. The lowest BCUT2D eigenvalue weighted by atomic mass is 10.2. The van der Waals surface area contributed by atoms with Crippen molar-refractivity contribution in [1.29, 1.82) is 0 Å². The van der Waals surface area contributed by atoms with E-state index in [0.29, 0.717) is 18.1 Å². The van der Waals surface area contributed by atoms with Crippen LogP contribution in [0, 0.1) is 0 Å². The topological polar surface area (TPSA) is 77.4 Å². The molecule has 0 aliphatic carbocycles. The highest BCUT2D eigenvalue weighted by molar-refractivity contribution is 5.80. The van der Waals surface area contributed by atoms with E-state index >= 15 is 0 Å². The van der Waals surface area contributed by atoms with Gasteiger partial charge in [-0.3, -0.25) is 0 Å². The molecule has 0 aliphatic heterocycles. The maximum Gasteiger partial charge on any atom is 0.344 e. The third kappa shape index (κ3) is 5.60. The van der Waals surface area contributed by atoms with E-state index in [2.05, 4.69) is 16.9 Å². The lowest BCUT2D eigenvalue weighted by Crippen LogP contribution is -2.03. The summed E-state index contributed by atoms with van der Waals surface area (Å²) < 4.78 is 10.8. The minimum absolute atomic E-state index is 0.466. The van der Waals surface area contributed by atoms with Crippen LogP contribution < -0.4 is 9.47 Å². The molecule has 1 aromatic carbocycles. The monoisotopic (exact) mass is 281 g/mol. The summed E-state index contributed by atoms with van der Waals surface area (Å²) in [5.74, 6) is 0.201. The molecule has 0 fully saturated rings. The normalized spacial score (nSPS) is 10.5. The van der Waals surface area contributed by atoms with Gasteiger partial charge in [-0.1, -0.05) is 18.5 Å². The maximum atomic E-state index is 10.2. The molecule has 0 aromatic heterocycles. The third-order valence-corrected chi connectivity index (χ3v) is 2.41. The zero-order valence-electron chi connectivity index (χ0n) is 11.7. The number of aliphatic carboxylic acids is 1. The fourth-order valence-corrected chi connectivity index (χ4v) is 1.40. The maximum absolute atomic E-state index is 10.2. The van der Waals surface area contributed by atoms with Crippen molar-refractivity contribution in [2.24, 2.45) is 5.16 Å². The number of oxime groups is 1. The van der Waals surface area contributed by atoms with Crippen molar-refractivity contribution < 1.29 is 24.2 Å². The van der Waals surface area contributed by atoms with E-state index in [1.165, 1.54) is 6.21 Å². The molecular formula is C14H19NO5. The zero-order chi connectivity index (χ0) is 14.8. The van der Waals surface area contributed by atoms with Gasteiger partial charge in [0.25, 0.3) is 0 Å². The number of carboxylic acids is 1. The van der Waals surface area contributed by atoms with Crippen molar-refractivity contribution in [2.75, 3.05) is 20.3 Å². The van der Waals surface area contributed by atoms with Gasteiger partial charge in [0.2, 0.25) is 6.61 Å². The molecule has 6 heteroatoms. The highest BCUT2D eigenvalue weighted by atomic mass is 16.6. The van der Waals surface area contributed by atoms with Crippen molar-refractivity contribution in [2.45, 2.75) is 19.8 Å². The minimum atomic E-state index is -1.07. The minimum Gasteiger partial charge on any atom is -0.493 e. The molecule has 0 atom stereocenters. The van der Waals surface area contributed by atoms with Crippen LogP contribution >= 0.6 is 0 Å². The predicted octanol–water partition coefficient (Wildman–Crippen LogP) is 2.31. The Kier molecular flexibility index (Phi) is 6.95. The number of hydrogen-bond donors (Lipinski definition) is 1. The molecular weight excluding hydrogens is 262 g/mol. The first-order valence-electron chi connectivity index (χ1n) is 6.35. The summed E-state index contributed by atoms with van der Waals surface area (Å²) >= 11 is 0. The molecule has 0 saturated heterocycles. The number of methoxy groups -OCH3 is 1. The van der Waals surface area contributed by atoms with Gasteiger partial charge in [-0.2, -0.15) is 0 Å². The third-order valence-electron chi connectivity index (χ3n) is 2.41. The molecule has 110 valence electrons. The van der Waals surface area contributed by atoms with Gasteiger partial charge in [0.1, 0.15) is 0 Å². The molecule has 0 heterocycles. The lowest BCUT2D eigenvalue weighted by molar-refractivity contribution is -0.142. The average Bonchev–Trinajstić information content (AvgIpc) is 2.44. The molecule has 20 heavy (non-hydrogen) atoms. The molecule has 1 aromatic rings. The zero-order valence-corrected chi connectivity index (χ0v) is 11.7. The van der Waals surface area contributed by atoms with E-state index in [4.69, 9.17) is 14.6 Å². The van der Waals surface area contributed by atoms with Crippen molar-refractivity contribution in [1.82, 2.24) is 0 Å². The number of carboxylic acid groups (broad SMARTS) is 1. The predicted molar refractivity (Wildman–Crippen MR) is 74.6 cm³/mol. The molecule has 0 spiro atoms. The van der Waals surface area contributed by atoms with Gasteiger partial charge in [0.15, 0.2) is 11.5 Å². The van der Waals surface area contributed by atoms with Gasteiger partial charge in [-0.05, 0) is 24.6 Å². The van der Waals surface area contributed by atoms with Gasteiger partial charge in [0, 0.05) is 5.56 Å². The molecule has 0 bridgehead atoms. The number of unbranched alkanes of at least 4 members (excludes halogenated alkanes) is 1.